The van der Waals surface area contributed by atoms with Crippen molar-refractivity contribution >= 4 is 29.2 Å². The second-order valence-corrected chi connectivity index (χ2v) is 6.88. The van der Waals surface area contributed by atoms with Gasteiger partial charge >= 0.3 is 5.97 Å². The van der Waals surface area contributed by atoms with Gasteiger partial charge in [-0.1, -0.05) is 18.0 Å². The van der Waals surface area contributed by atoms with Crippen LogP contribution in [-0.2, 0) is 14.3 Å². The summed E-state index contributed by atoms with van der Waals surface area (Å²) in [7, 11) is 0. The van der Waals surface area contributed by atoms with Crippen molar-refractivity contribution in [3.63, 3.8) is 0 Å². The number of hydrogen-bond acceptors (Lipinski definition) is 3. The molecule has 6 heteroatoms. The summed E-state index contributed by atoms with van der Waals surface area (Å²) >= 11 is 5.82. The summed E-state index contributed by atoms with van der Waals surface area (Å²) in [5.41, 5.74) is 0.294. The van der Waals surface area contributed by atoms with Crippen molar-refractivity contribution in [2.75, 3.05) is 11.9 Å². The van der Waals surface area contributed by atoms with E-state index in [0.717, 1.165) is 18.4 Å². The zero-order chi connectivity index (χ0) is 16.4. The summed E-state index contributed by atoms with van der Waals surface area (Å²) in [4.78, 5) is 23.6. The van der Waals surface area contributed by atoms with Crippen LogP contribution in [0.25, 0.3) is 0 Å². The molecule has 2 saturated carbocycles. The van der Waals surface area contributed by atoms with E-state index in [1.54, 1.807) is 0 Å². The van der Waals surface area contributed by atoms with E-state index in [1.165, 1.54) is 31.4 Å². The molecule has 0 radical (unpaired) electrons. The minimum atomic E-state index is -0.486. The lowest BCUT2D eigenvalue weighted by atomic mass is 9.86. The molecule has 0 heterocycles. The Balaban J connectivity index is 1.42. The maximum atomic E-state index is 12.9. The van der Waals surface area contributed by atoms with Gasteiger partial charge in [-0.05, 0) is 55.2 Å². The van der Waals surface area contributed by atoms with Crippen LogP contribution in [-0.4, -0.2) is 18.5 Å². The number of carbonyl (C=O) groups is 2. The van der Waals surface area contributed by atoms with Gasteiger partial charge in [-0.15, -0.1) is 0 Å². The second-order valence-electron chi connectivity index (χ2n) is 6.47. The summed E-state index contributed by atoms with van der Waals surface area (Å²) in [5, 5.41) is 2.60. The Bertz CT molecular complexity index is 622. The van der Waals surface area contributed by atoms with E-state index in [4.69, 9.17) is 16.3 Å². The highest BCUT2D eigenvalue weighted by Gasteiger charge is 2.40. The maximum absolute atomic E-state index is 12.9. The average molecular weight is 340 g/mol. The molecule has 1 aromatic carbocycles. The van der Waals surface area contributed by atoms with Crippen LogP contribution < -0.4 is 5.32 Å². The SMILES string of the molecule is O=C(COC(=O)C[C@H]1C[C@@H]2CC[C@@H]1C2)Nc1ccc(F)cc1Cl. The van der Waals surface area contributed by atoms with Crippen LogP contribution in [0.15, 0.2) is 18.2 Å². The number of hydrogen-bond donors (Lipinski definition) is 1. The van der Waals surface area contributed by atoms with Crippen LogP contribution in [0.2, 0.25) is 5.02 Å². The van der Waals surface area contributed by atoms with Crippen molar-refractivity contribution in [1.29, 1.82) is 0 Å². The molecular formula is C17H19ClFNO3. The number of nitrogens with one attached hydrogen (secondary N) is 1. The van der Waals surface area contributed by atoms with Gasteiger partial charge in [0.25, 0.3) is 5.91 Å². The summed E-state index contributed by atoms with van der Waals surface area (Å²) in [6.07, 6.45) is 5.24. The van der Waals surface area contributed by atoms with Crippen LogP contribution in [0.3, 0.4) is 0 Å². The van der Waals surface area contributed by atoms with Crippen LogP contribution >= 0.6 is 11.6 Å². The Morgan fingerprint density at radius 2 is 2.13 bits per heavy atom. The lowest BCUT2D eigenvalue weighted by Gasteiger charge is -2.20. The van der Waals surface area contributed by atoms with Gasteiger partial charge in [0.05, 0.1) is 10.7 Å². The van der Waals surface area contributed by atoms with Crippen LogP contribution in [0, 0.1) is 23.6 Å². The number of anilines is 1. The molecule has 2 aliphatic rings. The topological polar surface area (TPSA) is 55.4 Å². The molecule has 2 aliphatic carbocycles. The predicted octanol–water partition coefficient (Wildman–Crippen LogP) is 3.79. The minimum Gasteiger partial charge on any atom is -0.456 e. The molecule has 0 unspecified atom stereocenters. The highest BCUT2D eigenvalue weighted by molar-refractivity contribution is 6.33. The Labute approximate surface area is 139 Å². The average Bonchev–Trinajstić information content (AvgIpc) is 3.11. The molecule has 3 atom stereocenters. The van der Waals surface area contributed by atoms with Crippen molar-refractivity contribution in [3.05, 3.63) is 29.0 Å². The van der Waals surface area contributed by atoms with Gasteiger partial charge < -0.3 is 10.1 Å². The van der Waals surface area contributed by atoms with Gasteiger partial charge in [0.15, 0.2) is 6.61 Å². The number of esters is 1. The summed E-state index contributed by atoms with van der Waals surface area (Å²) in [6, 6.07) is 3.67. The number of fused-ring (bicyclic) bond motifs is 2. The number of amides is 1. The van der Waals surface area contributed by atoms with Gasteiger partial charge in [-0.25, -0.2) is 4.39 Å². The lowest BCUT2D eigenvalue weighted by Crippen LogP contribution is -2.23. The summed E-state index contributed by atoms with van der Waals surface area (Å²) in [6.45, 7) is -0.354. The molecule has 1 N–H and O–H groups in total. The Hall–Kier alpha value is -1.62. The van der Waals surface area contributed by atoms with E-state index in [9.17, 15) is 14.0 Å². The fourth-order valence-electron chi connectivity index (χ4n) is 3.82. The molecule has 4 nitrogen and oxygen atoms in total. The zero-order valence-corrected chi connectivity index (χ0v) is 13.4. The lowest BCUT2D eigenvalue weighted by molar-refractivity contribution is -0.148. The van der Waals surface area contributed by atoms with Gasteiger partial charge in [-0.3, -0.25) is 9.59 Å². The minimum absolute atomic E-state index is 0.103. The van der Waals surface area contributed by atoms with E-state index in [-0.39, 0.29) is 17.6 Å². The predicted molar refractivity (Wildman–Crippen MR) is 84.6 cm³/mol. The van der Waals surface area contributed by atoms with E-state index in [2.05, 4.69) is 5.32 Å². The first-order valence-corrected chi connectivity index (χ1v) is 8.29. The van der Waals surface area contributed by atoms with Crippen molar-refractivity contribution in [2.45, 2.75) is 32.1 Å². The summed E-state index contributed by atoms with van der Waals surface area (Å²) in [5.74, 6) is 0.546. The Kier molecular flexibility index (Phi) is 4.85. The quantitative estimate of drug-likeness (QED) is 0.830. The van der Waals surface area contributed by atoms with E-state index in [1.807, 2.05) is 0 Å². The number of ether oxygens (including phenoxy) is 1. The largest absolute Gasteiger partial charge is 0.456 e. The standard InChI is InChI=1S/C17H19ClFNO3/c18-14-8-13(19)3-4-15(14)20-16(21)9-23-17(22)7-12-6-10-1-2-11(12)5-10/h3-4,8,10-12H,1-2,5-7,9H2,(H,20,21)/t10-,11-,12-/m1/s1. The smallest absolute Gasteiger partial charge is 0.306 e. The van der Waals surface area contributed by atoms with E-state index < -0.39 is 11.7 Å². The van der Waals surface area contributed by atoms with Crippen LogP contribution in [0.5, 0.6) is 0 Å². The molecular weight excluding hydrogens is 321 g/mol. The number of benzene rings is 1. The molecule has 2 bridgehead atoms. The fourth-order valence-corrected chi connectivity index (χ4v) is 4.04. The van der Waals surface area contributed by atoms with Crippen LogP contribution in [0.4, 0.5) is 10.1 Å². The normalized spacial score (nSPS) is 25.4. The Morgan fingerprint density at radius 1 is 1.30 bits per heavy atom. The molecule has 0 spiro atoms. The first-order chi connectivity index (χ1) is 11.0. The third-order valence-corrected chi connectivity index (χ3v) is 5.20. The first-order valence-electron chi connectivity index (χ1n) is 7.92. The van der Waals surface area contributed by atoms with Crippen molar-refractivity contribution in [2.24, 2.45) is 17.8 Å². The first kappa shape index (κ1) is 16.2. The van der Waals surface area contributed by atoms with Crippen molar-refractivity contribution < 1.29 is 18.7 Å². The highest BCUT2D eigenvalue weighted by atomic mass is 35.5. The zero-order valence-electron chi connectivity index (χ0n) is 12.7. The number of carbonyl (C=O) groups excluding carboxylic acids is 2. The van der Waals surface area contributed by atoms with Crippen molar-refractivity contribution in [3.8, 4) is 0 Å². The third-order valence-electron chi connectivity index (χ3n) is 4.88. The summed E-state index contributed by atoms with van der Waals surface area (Å²) < 4.78 is 18.0. The number of halogens is 2. The molecule has 0 saturated heterocycles. The molecule has 23 heavy (non-hydrogen) atoms. The van der Waals surface area contributed by atoms with Crippen molar-refractivity contribution in [1.82, 2.24) is 0 Å². The molecule has 1 aromatic rings. The third kappa shape index (κ3) is 4.02. The molecule has 1 amide bonds. The Morgan fingerprint density at radius 3 is 2.78 bits per heavy atom. The van der Waals surface area contributed by atoms with E-state index >= 15 is 0 Å². The monoisotopic (exact) mass is 339 g/mol. The molecule has 0 aromatic heterocycles. The van der Waals surface area contributed by atoms with Gasteiger partial charge in [0, 0.05) is 6.42 Å². The molecule has 3 rings (SSSR count). The van der Waals surface area contributed by atoms with Gasteiger partial charge in [0.1, 0.15) is 5.82 Å². The maximum Gasteiger partial charge on any atom is 0.306 e. The molecule has 2 fully saturated rings. The molecule has 124 valence electrons. The van der Waals surface area contributed by atoms with Gasteiger partial charge in [-0.2, -0.15) is 0 Å². The molecule has 0 aliphatic heterocycles. The van der Waals surface area contributed by atoms with E-state index in [0.29, 0.717) is 23.9 Å². The van der Waals surface area contributed by atoms with Gasteiger partial charge in [0.2, 0.25) is 0 Å². The van der Waals surface area contributed by atoms with Crippen LogP contribution in [0.1, 0.15) is 32.1 Å². The fraction of sp³-hybridized carbons (Fsp3) is 0.529. The number of rotatable bonds is 5. The second kappa shape index (κ2) is 6.87. The highest BCUT2D eigenvalue weighted by Crippen LogP contribution is 2.49.